The maximum absolute atomic E-state index is 12.7. The summed E-state index contributed by atoms with van der Waals surface area (Å²) in [7, 11) is 0. The van der Waals surface area contributed by atoms with Gasteiger partial charge in [-0.1, -0.05) is 24.5 Å². The lowest BCUT2D eigenvalue weighted by molar-refractivity contribution is 0.0724. The smallest absolute Gasteiger partial charge is 0.315 e. The van der Waals surface area contributed by atoms with Crippen molar-refractivity contribution in [2.75, 3.05) is 19.6 Å². The van der Waals surface area contributed by atoms with Crippen LogP contribution >= 0.6 is 0 Å². The molecule has 2 aliphatic rings. The van der Waals surface area contributed by atoms with Gasteiger partial charge >= 0.3 is 6.03 Å². The van der Waals surface area contributed by atoms with Gasteiger partial charge in [0.25, 0.3) is 5.91 Å². The SMILES string of the molecule is O=C(NCCn1nnc2cc(C(=O)N3CCCCC3)ccc21)NC1CCCCC1. The monoisotopic (exact) mass is 398 g/mol. The number of nitrogens with one attached hydrogen (secondary N) is 2. The Morgan fingerprint density at radius 3 is 2.59 bits per heavy atom. The first-order chi connectivity index (χ1) is 14.2. The lowest BCUT2D eigenvalue weighted by atomic mass is 9.96. The minimum absolute atomic E-state index is 0.0715. The molecule has 2 heterocycles. The molecule has 29 heavy (non-hydrogen) atoms. The van der Waals surface area contributed by atoms with E-state index in [0.29, 0.717) is 30.2 Å². The van der Waals surface area contributed by atoms with Gasteiger partial charge in [-0.05, 0) is 50.3 Å². The standard InChI is InChI=1S/C21H30N6O2/c28-20(26-12-5-2-6-13-26)16-9-10-19-18(15-16)24-25-27(19)14-11-22-21(29)23-17-7-3-1-4-8-17/h9-10,15,17H,1-8,11-14H2,(H2,22,23,29). The predicted molar refractivity (Wildman–Crippen MR) is 111 cm³/mol. The Bertz CT molecular complexity index is 852. The predicted octanol–water partition coefficient (Wildman–Crippen LogP) is 2.69. The number of nitrogens with zero attached hydrogens (tertiary/aromatic N) is 4. The number of benzene rings is 1. The zero-order valence-electron chi connectivity index (χ0n) is 16.9. The van der Waals surface area contributed by atoms with Crippen molar-refractivity contribution >= 4 is 23.0 Å². The summed E-state index contributed by atoms with van der Waals surface area (Å²) in [4.78, 5) is 26.7. The number of urea groups is 1. The average Bonchev–Trinajstić information content (AvgIpc) is 3.17. The van der Waals surface area contributed by atoms with Crippen LogP contribution in [-0.2, 0) is 6.54 Å². The largest absolute Gasteiger partial charge is 0.339 e. The molecule has 8 heteroatoms. The minimum Gasteiger partial charge on any atom is -0.339 e. The Morgan fingerprint density at radius 1 is 1.03 bits per heavy atom. The molecule has 0 unspecified atom stereocenters. The van der Waals surface area contributed by atoms with Gasteiger partial charge in [0.2, 0.25) is 0 Å². The van der Waals surface area contributed by atoms with Gasteiger partial charge in [-0.2, -0.15) is 0 Å². The van der Waals surface area contributed by atoms with Crippen LogP contribution in [0.25, 0.3) is 11.0 Å². The number of carbonyl (C=O) groups is 2. The highest BCUT2D eigenvalue weighted by molar-refractivity contribution is 5.97. The summed E-state index contributed by atoms with van der Waals surface area (Å²) >= 11 is 0. The fourth-order valence-electron chi connectivity index (χ4n) is 4.31. The summed E-state index contributed by atoms with van der Waals surface area (Å²) in [5.74, 6) is 0.0715. The van der Waals surface area contributed by atoms with Crippen LogP contribution in [0.1, 0.15) is 61.7 Å². The van der Waals surface area contributed by atoms with E-state index >= 15 is 0 Å². The quantitative estimate of drug-likeness (QED) is 0.810. The van der Waals surface area contributed by atoms with Crippen molar-refractivity contribution in [3.63, 3.8) is 0 Å². The van der Waals surface area contributed by atoms with Crippen molar-refractivity contribution < 1.29 is 9.59 Å². The maximum atomic E-state index is 12.7. The molecule has 0 atom stereocenters. The topological polar surface area (TPSA) is 92.1 Å². The van der Waals surface area contributed by atoms with Crippen molar-refractivity contribution in [1.82, 2.24) is 30.5 Å². The maximum Gasteiger partial charge on any atom is 0.315 e. The number of fused-ring (bicyclic) bond motifs is 1. The Morgan fingerprint density at radius 2 is 1.79 bits per heavy atom. The summed E-state index contributed by atoms with van der Waals surface area (Å²) in [5, 5.41) is 14.4. The van der Waals surface area contributed by atoms with E-state index in [1.54, 1.807) is 4.68 Å². The minimum atomic E-state index is -0.115. The van der Waals surface area contributed by atoms with Crippen molar-refractivity contribution in [3.05, 3.63) is 23.8 Å². The van der Waals surface area contributed by atoms with Crippen molar-refractivity contribution in [2.45, 2.75) is 64.0 Å². The molecule has 2 N–H and O–H groups in total. The van der Waals surface area contributed by atoms with Crippen LogP contribution in [0.3, 0.4) is 0 Å². The first-order valence-electron chi connectivity index (χ1n) is 10.9. The highest BCUT2D eigenvalue weighted by Crippen LogP contribution is 2.18. The van der Waals surface area contributed by atoms with Gasteiger partial charge in [-0.15, -0.1) is 5.10 Å². The second kappa shape index (κ2) is 9.24. The molecule has 156 valence electrons. The molecule has 0 spiro atoms. The molecule has 4 rings (SSSR count). The normalized spacial score (nSPS) is 18.0. The van der Waals surface area contributed by atoms with E-state index in [4.69, 9.17) is 0 Å². The molecule has 1 saturated carbocycles. The van der Waals surface area contributed by atoms with E-state index < -0.39 is 0 Å². The molecule has 8 nitrogen and oxygen atoms in total. The third kappa shape index (κ3) is 4.86. The summed E-state index contributed by atoms with van der Waals surface area (Å²) < 4.78 is 1.77. The molecule has 1 aliphatic carbocycles. The number of rotatable bonds is 5. The molecule has 0 radical (unpaired) electrons. The van der Waals surface area contributed by atoms with Crippen LogP contribution < -0.4 is 10.6 Å². The van der Waals surface area contributed by atoms with Gasteiger partial charge in [0.05, 0.1) is 12.1 Å². The van der Waals surface area contributed by atoms with Gasteiger partial charge in [-0.25, -0.2) is 9.48 Å². The third-order valence-corrected chi connectivity index (χ3v) is 5.95. The first-order valence-corrected chi connectivity index (χ1v) is 10.9. The third-order valence-electron chi connectivity index (χ3n) is 5.95. The second-order valence-electron chi connectivity index (χ2n) is 8.10. The average molecular weight is 399 g/mol. The number of likely N-dealkylation sites (tertiary alicyclic amines) is 1. The van der Waals surface area contributed by atoms with Crippen molar-refractivity contribution in [1.29, 1.82) is 0 Å². The van der Waals surface area contributed by atoms with Crippen LogP contribution in [0, 0.1) is 0 Å². The fraction of sp³-hybridized carbons (Fsp3) is 0.619. The second-order valence-corrected chi connectivity index (χ2v) is 8.10. The number of carbonyl (C=O) groups excluding carboxylic acids is 2. The Labute approximate surface area is 171 Å². The van der Waals surface area contributed by atoms with Gasteiger partial charge in [0, 0.05) is 31.2 Å². The van der Waals surface area contributed by atoms with Crippen molar-refractivity contribution in [2.24, 2.45) is 0 Å². The zero-order chi connectivity index (χ0) is 20.1. The van der Waals surface area contributed by atoms with Crippen LogP contribution in [0.2, 0.25) is 0 Å². The highest BCUT2D eigenvalue weighted by Gasteiger charge is 2.19. The summed E-state index contributed by atoms with van der Waals surface area (Å²) in [5.41, 5.74) is 2.24. The number of amides is 3. The molecule has 0 bridgehead atoms. The summed E-state index contributed by atoms with van der Waals surface area (Å²) in [6.45, 7) is 2.68. The molecule has 1 aromatic carbocycles. The van der Waals surface area contributed by atoms with Crippen LogP contribution in [0.15, 0.2) is 18.2 Å². The van der Waals surface area contributed by atoms with Gasteiger partial charge < -0.3 is 15.5 Å². The van der Waals surface area contributed by atoms with E-state index in [1.807, 2.05) is 23.1 Å². The number of hydrogen-bond donors (Lipinski definition) is 2. The zero-order valence-corrected chi connectivity index (χ0v) is 16.9. The van der Waals surface area contributed by atoms with E-state index in [9.17, 15) is 9.59 Å². The van der Waals surface area contributed by atoms with E-state index in [0.717, 1.165) is 44.3 Å². The number of piperidine rings is 1. The summed E-state index contributed by atoms with van der Waals surface area (Å²) in [6, 6.07) is 5.75. The van der Waals surface area contributed by atoms with Crippen LogP contribution in [-0.4, -0.2) is 57.5 Å². The van der Waals surface area contributed by atoms with E-state index in [2.05, 4.69) is 20.9 Å². The van der Waals surface area contributed by atoms with Gasteiger partial charge in [0.1, 0.15) is 5.52 Å². The highest BCUT2D eigenvalue weighted by atomic mass is 16.2. The fourth-order valence-corrected chi connectivity index (χ4v) is 4.31. The molecule has 1 aromatic heterocycles. The Hall–Kier alpha value is -2.64. The molecule has 2 aromatic rings. The number of aromatic nitrogens is 3. The van der Waals surface area contributed by atoms with Gasteiger partial charge in [0.15, 0.2) is 0 Å². The first kappa shape index (κ1) is 19.7. The summed E-state index contributed by atoms with van der Waals surface area (Å²) in [6.07, 6.45) is 9.14. The van der Waals surface area contributed by atoms with E-state index in [1.165, 1.54) is 25.7 Å². The van der Waals surface area contributed by atoms with Gasteiger partial charge in [-0.3, -0.25) is 4.79 Å². The molecule has 1 saturated heterocycles. The molecule has 3 amide bonds. The lowest BCUT2D eigenvalue weighted by Crippen LogP contribution is -2.43. The molecular weight excluding hydrogens is 368 g/mol. The van der Waals surface area contributed by atoms with Crippen LogP contribution in [0.4, 0.5) is 4.79 Å². The number of hydrogen-bond acceptors (Lipinski definition) is 4. The van der Waals surface area contributed by atoms with Crippen molar-refractivity contribution in [3.8, 4) is 0 Å². The van der Waals surface area contributed by atoms with E-state index in [-0.39, 0.29) is 11.9 Å². The molecular formula is C21H30N6O2. The molecule has 2 fully saturated rings. The Balaban J connectivity index is 1.31. The molecule has 1 aliphatic heterocycles. The Kier molecular flexibility index (Phi) is 6.27. The van der Waals surface area contributed by atoms with Crippen LogP contribution in [0.5, 0.6) is 0 Å². The lowest BCUT2D eigenvalue weighted by Gasteiger charge is -2.26.